The third-order valence-electron chi connectivity index (χ3n) is 3.04. The number of rotatable bonds is 5. The lowest BCUT2D eigenvalue weighted by Crippen LogP contribution is -1.90. The molecule has 0 bridgehead atoms. The van der Waals surface area contributed by atoms with Crippen LogP contribution >= 0.6 is 0 Å². The molecule has 0 saturated heterocycles. The van der Waals surface area contributed by atoms with E-state index in [2.05, 4.69) is 51.1 Å². The Kier molecular flexibility index (Phi) is 5.27. The van der Waals surface area contributed by atoms with Crippen molar-refractivity contribution in [2.75, 3.05) is 6.61 Å². The Morgan fingerprint density at radius 2 is 1.94 bits per heavy atom. The molecule has 1 rings (SSSR count). The zero-order valence-electron chi connectivity index (χ0n) is 10.5. The molecule has 0 amide bonds. The van der Waals surface area contributed by atoms with E-state index < -0.39 is 0 Å². The van der Waals surface area contributed by atoms with Crippen molar-refractivity contribution < 1.29 is 5.11 Å². The van der Waals surface area contributed by atoms with Gasteiger partial charge in [-0.05, 0) is 36.8 Å². The molecular weight excluding hydrogens is 196 g/mol. The van der Waals surface area contributed by atoms with Gasteiger partial charge in [0.1, 0.15) is 0 Å². The van der Waals surface area contributed by atoms with Crippen LogP contribution in [0.15, 0.2) is 29.8 Å². The number of hydrogen-bond acceptors (Lipinski definition) is 1. The van der Waals surface area contributed by atoms with Gasteiger partial charge >= 0.3 is 0 Å². The maximum Gasteiger partial charge on any atom is 0.0468 e. The average molecular weight is 218 g/mol. The second-order valence-corrected chi connectivity index (χ2v) is 4.44. The van der Waals surface area contributed by atoms with Gasteiger partial charge in [0.15, 0.2) is 0 Å². The van der Waals surface area contributed by atoms with Gasteiger partial charge in [-0.1, -0.05) is 49.8 Å². The normalized spacial score (nSPS) is 13.9. The summed E-state index contributed by atoms with van der Waals surface area (Å²) < 4.78 is 0. The summed E-state index contributed by atoms with van der Waals surface area (Å²) in [6.07, 6.45) is 4.07. The molecule has 1 unspecified atom stereocenters. The second kappa shape index (κ2) is 6.49. The standard InChI is InChI=1S/C15H22O/c1-4-13(3)15-7-5-14(6-8-15)11-12(2)9-10-16/h5-8,11,13,16H,4,9-10H2,1-3H3/b12-11-. The van der Waals surface area contributed by atoms with Gasteiger partial charge in [0.05, 0.1) is 0 Å². The summed E-state index contributed by atoms with van der Waals surface area (Å²) in [7, 11) is 0. The minimum Gasteiger partial charge on any atom is -0.396 e. The summed E-state index contributed by atoms with van der Waals surface area (Å²) in [5, 5.41) is 8.82. The van der Waals surface area contributed by atoms with Crippen molar-refractivity contribution in [3.8, 4) is 0 Å². The van der Waals surface area contributed by atoms with E-state index in [0.717, 1.165) is 6.42 Å². The fourth-order valence-electron chi connectivity index (χ4n) is 1.69. The monoisotopic (exact) mass is 218 g/mol. The Morgan fingerprint density at radius 1 is 1.31 bits per heavy atom. The molecule has 0 aromatic heterocycles. The van der Waals surface area contributed by atoms with E-state index in [9.17, 15) is 0 Å². The van der Waals surface area contributed by atoms with E-state index in [0.29, 0.717) is 5.92 Å². The molecule has 1 aromatic carbocycles. The van der Waals surface area contributed by atoms with E-state index in [-0.39, 0.29) is 6.61 Å². The number of aliphatic hydroxyl groups excluding tert-OH is 1. The topological polar surface area (TPSA) is 20.2 Å². The van der Waals surface area contributed by atoms with Gasteiger partial charge in [-0.15, -0.1) is 0 Å². The van der Waals surface area contributed by atoms with Gasteiger partial charge in [0.25, 0.3) is 0 Å². The molecule has 1 aromatic rings. The van der Waals surface area contributed by atoms with Crippen LogP contribution in [0.5, 0.6) is 0 Å². The predicted molar refractivity (Wildman–Crippen MR) is 70.5 cm³/mol. The van der Waals surface area contributed by atoms with Crippen molar-refractivity contribution in [2.24, 2.45) is 0 Å². The maximum absolute atomic E-state index is 8.82. The second-order valence-electron chi connectivity index (χ2n) is 4.44. The Balaban J connectivity index is 2.75. The van der Waals surface area contributed by atoms with E-state index >= 15 is 0 Å². The van der Waals surface area contributed by atoms with Crippen LogP contribution in [0, 0.1) is 0 Å². The van der Waals surface area contributed by atoms with Crippen LogP contribution in [-0.4, -0.2) is 11.7 Å². The fourth-order valence-corrected chi connectivity index (χ4v) is 1.69. The largest absolute Gasteiger partial charge is 0.396 e. The molecule has 0 saturated carbocycles. The molecule has 0 aliphatic heterocycles. The molecule has 0 spiro atoms. The Labute approximate surface area is 98.8 Å². The summed E-state index contributed by atoms with van der Waals surface area (Å²) >= 11 is 0. The summed E-state index contributed by atoms with van der Waals surface area (Å²) in [6, 6.07) is 8.71. The quantitative estimate of drug-likeness (QED) is 0.792. The van der Waals surface area contributed by atoms with Gasteiger partial charge in [0, 0.05) is 6.61 Å². The van der Waals surface area contributed by atoms with Crippen LogP contribution < -0.4 is 0 Å². The van der Waals surface area contributed by atoms with Crippen LogP contribution in [0.25, 0.3) is 6.08 Å². The predicted octanol–water partition coefficient (Wildman–Crippen LogP) is 3.99. The third-order valence-corrected chi connectivity index (χ3v) is 3.04. The van der Waals surface area contributed by atoms with Gasteiger partial charge in [0.2, 0.25) is 0 Å². The molecule has 1 nitrogen and oxygen atoms in total. The van der Waals surface area contributed by atoms with Gasteiger partial charge in [-0.3, -0.25) is 0 Å². The number of aliphatic hydroxyl groups is 1. The van der Waals surface area contributed by atoms with Crippen molar-refractivity contribution in [1.82, 2.24) is 0 Å². The van der Waals surface area contributed by atoms with Crippen molar-refractivity contribution in [1.29, 1.82) is 0 Å². The number of hydrogen-bond donors (Lipinski definition) is 1. The smallest absolute Gasteiger partial charge is 0.0468 e. The molecule has 0 aliphatic carbocycles. The van der Waals surface area contributed by atoms with Gasteiger partial charge < -0.3 is 5.11 Å². The van der Waals surface area contributed by atoms with E-state index in [1.807, 2.05) is 0 Å². The molecule has 1 heteroatoms. The zero-order chi connectivity index (χ0) is 12.0. The Hall–Kier alpha value is -1.08. The van der Waals surface area contributed by atoms with Crippen LogP contribution in [-0.2, 0) is 0 Å². The van der Waals surface area contributed by atoms with E-state index in [1.54, 1.807) is 0 Å². The molecule has 88 valence electrons. The summed E-state index contributed by atoms with van der Waals surface area (Å²) in [4.78, 5) is 0. The molecule has 16 heavy (non-hydrogen) atoms. The lowest BCUT2D eigenvalue weighted by atomic mass is 9.97. The average Bonchev–Trinajstić information content (AvgIpc) is 2.29. The minimum absolute atomic E-state index is 0.229. The first-order chi connectivity index (χ1) is 7.67. The molecule has 0 radical (unpaired) electrons. The highest BCUT2D eigenvalue weighted by Gasteiger charge is 2.01. The summed E-state index contributed by atoms with van der Waals surface area (Å²) in [5.41, 5.74) is 3.84. The molecule has 1 N–H and O–H groups in total. The molecule has 0 heterocycles. The lowest BCUT2D eigenvalue weighted by molar-refractivity contribution is 0.299. The SMILES string of the molecule is CCC(C)c1ccc(/C=C(/C)CCO)cc1. The zero-order valence-corrected chi connectivity index (χ0v) is 10.5. The first-order valence-corrected chi connectivity index (χ1v) is 6.05. The first kappa shape index (κ1) is 13.0. The first-order valence-electron chi connectivity index (χ1n) is 6.05. The lowest BCUT2D eigenvalue weighted by Gasteiger charge is -2.08. The van der Waals surface area contributed by atoms with Crippen LogP contribution in [0.4, 0.5) is 0 Å². The maximum atomic E-state index is 8.82. The highest BCUT2D eigenvalue weighted by molar-refractivity contribution is 5.52. The molecule has 0 aliphatic rings. The number of benzene rings is 1. The molecular formula is C15H22O. The third kappa shape index (κ3) is 3.82. The van der Waals surface area contributed by atoms with Gasteiger partial charge in [-0.2, -0.15) is 0 Å². The highest BCUT2D eigenvalue weighted by Crippen LogP contribution is 2.19. The fraction of sp³-hybridized carbons (Fsp3) is 0.467. The van der Waals surface area contributed by atoms with Crippen LogP contribution in [0.3, 0.4) is 0 Å². The minimum atomic E-state index is 0.229. The van der Waals surface area contributed by atoms with E-state index in [4.69, 9.17) is 5.11 Å². The molecule has 0 fully saturated rings. The summed E-state index contributed by atoms with van der Waals surface area (Å²) in [6.45, 7) is 6.75. The van der Waals surface area contributed by atoms with Crippen molar-refractivity contribution >= 4 is 6.08 Å². The van der Waals surface area contributed by atoms with Crippen LogP contribution in [0.2, 0.25) is 0 Å². The van der Waals surface area contributed by atoms with E-state index in [1.165, 1.54) is 23.1 Å². The van der Waals surface area contributed by atoms with Crippen molar-refractivity contribution in [3.05, 3.63) is 41.0 Å². The van der Waals surface area contributed by atoms with Crippen molar-refractivity contribution in [3.63, 3.8) is 0 Å². The summed E-state index contributed by atoms with van der Waals surface area (Å²) in [5.74, 6) is 0.636. The van der Waals surface area contributed by atoms with Crippen molar-refractivity contribution in [2.45, 2.75) is 39.5 Å². The highest BCUT2D eigenvalue weighted by atomic mass is 16.2. The van der Waals surface area contributed by atoms with Crippen LogP contribution in [0.1, 0.15) is 50.7 Å². The molecule has 1 atom stereocenters. The van der Waals surface area contributed by atoms with Gasteiger partial charge in [-0.25, -0.2) is 0 Å². The Morgan fingerprint density at radius 3 is 2.44 bits per heavy atom. The Bertz CT molecular complexity index is 335.